The standard InChI is InChI=1S/C20H27N3OS2/c1-24-18-11-10-17(16-9-5-12-21-19(16)18)23-20(25)22-13-6-14-26-15-7-3-2-4-8-15/h5,9-12,15H,2-4,6-8,13-14H2,1H3,(H2,22,23,25). The third-order valence-electron chi connectivity index (χ3n) is 4.71. The number of benzene rings is 1. The number of fused-ring (bicyclic) bond motifs is 1. The second-order valence-electron chi connectivity index (χ2n) is 6.58. The van der Waals surface area contributed by atoms with E-state index < -0.39 is 0 Å². The molecule has 0 bridgehead atoms. The molecule has 6 heteroatoms. The van der Waals surface area contributed by atoms with E-state index in [1.807, 2.05) is 24.3 Å². The van der Waals surface area contributed by atoms with Gasteiger partial charge in [0, 0.05) is 29.1 Å². The molecule has 0 saturated heterocycles. The van der Waals surface area contributed by atoms with Crippen molar-refractivity contribution < 1.29 is 4.74 Å². The van der Waals surface area contributed by atoms with E-state index in [1.165, 1.54) is 37.9 Å². The third kappa shape index (κ3) is 5.24. The number of rotatable bonds is 7. The van der Waals surface area contributed by atoms with Crippen LogP contribution in [-0.4, -0.2) is 34.8 Å². The highest BCUT2D eigenvalue weighted by atomic mass is 32.2. The molecule has 2 N–H and O–H groups in total. The van der Waals surface area contributed by atoms with E-state index in [4.69, 9.17) is 17.0 Å². The molecule has 2 aromatic rings. The Hall–Kier alpha value is -1.53. The summed E-state index contributed by atoms with van der Waals surface area (Å²) in [6.07, 6.45) is 9.95. The number of nitrogens with zero attached hydrogens (tertiary/aromatic N) is 1. The van der Waals surface area contributed by atoms with Gasteiger partial charge in [0.1, 0.15) is 11.3 Å². The molecule has 0 spiro atoms. The summed E-state index contributed by atoms with van der Waals surface area (Å²) in [5.74, 6) is 1.97. The number of nitrogens with one attached hydrogen (secondary N) is 2. The minimum absolute atomic E-state index is 0.656. The summed E-state index contributed by atoms with van der Waals surface area (Å²) in [4.78, 5) is 4.42. The molecule has 1 saturated carbocycles. The zero-order valence-corrected chi connectivity index (χ0v) is 16.9. The van der Waals surface area contributed by atoms with Crippen molar-refractivity contribution in [3.05, 3.63) is 30.5 Å². The van der Waals surface area contributed by atoms with E-state index in [1.54, 1.807) is 13.3 Å². The van der Waals surface area contributed by atoms with Gasteiger partial charge in [-0.15, -0.1) is 0 Å². The number of thiocarbonyl (C=S) groups is 1. The molecule has 0 aliphatic heterocycles. The van der Waals surface area contributed by atoms with Crippen LogP contribution in [0.15, 0.2) is 30.5 Å². The average molecular weight is 390 g/mol. The molecule has 1 aromatic heterocycles. The molecule has 26 heavy (non-hydrogen) atoms. The Morgan fingerprint density at radius 2 is 2.12 bits per heavy atom. The first-order valence-corrected chi connectivity index (χ1v) is 10.8. The Balaban J connectivity index is 1.45. The number of hydrogen-bond donors (Lipinski definition) is 2. The van der Waals surface area contributed by atoms with Crippen LogP contribution in [0.2, 0.25) is 0 Å². The fourth-order valence-electron chi connectivity index (χ4n) is 3.34. The van der Waals surface area contributed by atoms with Gasteiger partial charge in [-0.1, -0.05) is 19.3 Å². The number of ether oxygens (including phenoxy) is 1. The van der Waals surface area contributed by atoms with Gasteiger partial charge in [-0.25, -0.2) is 0 Å². The number of aromatic nitrogens is 1. The second-order valence-corrected chi connectivity index (χ2v) is 8.40. The molecular formula is C20H27N3OS2. The molecule has 140 valence electrons. The highest BCUT2D eigenvalue weighted by Crippen LogP contribution is 2.30. The highest BCUT2D eigenvalue weighted by Gasteiger charge is 2.13. The molecule has 0 atom stereocenters. The van der Waals surface area contributed by atoms with E-state index in [0.717, 1.165) is 40.6 Å². The Labute approximate surface area is 165 Å². The molecule has 1 fully saturated rings. The molecule has 1 aliphatic rings. The van der Waals surface area contributed by atoms with Crippen molar-refractivity contribution in [2.24, 2.45) is 0 Å². The average Bonchev–Trinajstić information content (AvgIpc) is 2.69. The van der Waals surface area contributed by atoms with Crippen molar-refractivity contribution in [3.63, 3.8) is 0 Å². The van der Waals surface area contributed by atoms with Crippen LogP contribution in [0.25, 0.3) is 10.9 Å². The van der Waals surface area contributed by atoms with Gasteiger partial charge >= 0.3 is 0 Å². The summed E-state index contributed by atoms with van der Waals surface area (Å²) >= 11 is 7.59. The minimum atomic E-state index is 0.656. The zero-order valence-electron chi connectivity index (χ0n) is 15.3. The quantitative estimate of drug-likeness (QED) is 0.514. The van der Waals surface area contributed by atoms with Crippen LogP contribution in [0.5, 0.6) is 5.75 Å². The highest BCUT2D eigenvalue weighted by molar-refractivity contribution is 7.99. The predicted octanol–water partition coefficient (Wildman–Crippen LogP) is 4.99. The maximum absolute atomic E-state index is 5.45. The molecule has 1 aromatic carbocycles. The Morgan fingerprint density at radius 1 is 1.27 bits per heavy atom. The largest absolute Gasteiger partial charge is 0.494 e. The van der Waals surface area contributed by atoms with Crippen LogP contribution in [-0.2, 0) is 0 Å². The smallest absolute Gasteiger partial charge is 0.170 e. The van der Waals surface area contributed by atoms with Crippen LogP contribution >= 0.6 is 24.0 Å². The predicted molar refractivity (Wildman–Crippen MR) is 116 cm³/mol. The van der Waals surface area contributed by atoms with Gasteiger partial charge in [0.2, 0.25) is 0 Å². The van der Waals surface area contributed by atoms with Crippen LogP contribution in [0.4, 0.5) is 5.69 Å². The molecule has 3 rings (SSSR count). The zero-order chi connectivity index (χ0) is 18.2. The van der Waals surface area contributed by atoms with Gasteiger partial charge in [-0.2, -0.15) is 11.8 Å². The summed E-state index contributed by atoms with van der Waals surface area (Å²) < 4.78 is 5.39. The number of hydrogen-bond acceptors (Lipinski definition) is 4. The fourth-order valence-corrected chi connectivity index (χ4v) is 4.87. The van der Waals surface area contributed by atoms with E-state index in [-0.39, 0.29) is 0 Å². The molecule has 4 nitrogen and oxygen atoms in total. The summed E-state index contributed by atoms with van der Waals surface area (Å²) in [7, 11) is 1.66. The lowest BCUT2D eigenvalue weighted by molar-refractivity contribution is 0.419. The lowest BCUT2D eigenvalue weighted by Gasteiger charge is -2.21. The van der Waals surface area contributed by atoms with Gasteiger partial charge in [0.05, 0.1) is 7.11 Å². The molecule has 1 heterocycles. The number of pyridine rings is 1. The van der Waals surface area contributed by atoms with Crippen molar-refractivity contribution in [2.75, 3.05) is 24.7 Å². The van der Waals surface area contributed by atoms with Gasteiger partial charge in [-0.05, 0) is 61.5 Å². The van der Waals surface area contributed by atoms with Crippen LogP contribution in [0.3, 0.4) is 0 Å². The van der Waals surface area contributed by atoms with E-state index in [9.17, 15) is 0 Å². The van der Waals surface area contributed by atoms with E-state index in [0.29, 0.717) is 5.11 Å². The summed E-state index contributed by atoms with van der Waals surface area (Å²) in [5, 5.41) is 9.15. The maximum atomic E-state index is 5.45. The van der Waals surface area contributed by atoms with Crippen molar-refractivity contribution in [1.29, 1.82) is 0 Å². The molecule has 0 amide bonds. The van der Waals surface area contributed by atoms with Gasteiger partial charge < -0.3 is 15.4 Å². The number of anilines is 1. The first-order valence-electron chi connectivity index (χ1n) is 9.36. The summed E-state index contributed by atoms with van der Waals surface area (Å²) in [6, 6.07) is 7.85. The third-order valence-corrected chi connectivity index (χ3v) is 6.43. The van der Waals surface area contributed by atoms with Crippen molar-refractivity contribution in [3.8, 4) is 5.75 Å². The SMILES string of the molecule is COc1ccc(NC(=S)NCCCSC2CCCCC2)c2cccnc12. The monoisotopic (exact) mass is 389 g/mol. The lowest BCUT2D eigenvalue weighted by atomic mass is 10.0. The Morgan fingerprint density at radius 3 is 2.92 bits per heavy atom. The minimum Gasteiger partial charge on any atom is -0.494 e. The topological polar surface area (TPSA) is 46.2 Å². The Bertz CT molecular complexity index is 732. The van der Waals surface area contributed by atoms with Crippen molar-refractivity contribution in [2.45, 2.75) is 43.8 Å². The lowest BCUT2D eigenvalue weighted by Crippen LogP contribution is -2.29. The molecule has 1 aliphatic carbocycles. The first kappa shape index (κ1) is 19.2. The first-order chi connectivity index (χ1) is 12.8. The van der Waals surface area contributed by atoms with Crippen LogP contribution < -0.4 is 15.4 Å². The van der Waals surface area contributed by atoms with Gasteiger partial charge in [-0.3, -0.25) is 4.98 Å². The number of methoxy groups -OCH3 is 1. The van der Waals surface area contributed by atoms with Crippen molar-refractivity contribution in [1.82, 2.24) is 10.3 Å². The summed E-state index contributed by atoms with van der Waals surface area (Å²) in [6.45, 7) is 0.901. The maximum Gasteiger partial charge on any atom is 0.170 e. The fraction of sp³-hybridized carbons (Fsp3) is 0.500. The van der Waals surface area contributed by atoms with Crippen LogP contribution in [0, 0.1) is 0 Å². The summed E-state index contributed by atoms with van der Waals surface area (Å²) in [5.41, 5.74) is 1.79. The van der Waals surface area contributed by atoms with Crippen LogP contribution in [0.1, 0.15) is 38.5 Å². The molecule has 0 unspecified atom stereocenters. The molecular weight excluding hydrogens is 362 g/mol. The number of thioether (sulfide) groups is 1. The molecule has 0 radical (unpaired) electrons. The normalized spacial score (nSPS) is 15.0. The van der Waals surface area contributed by atoms with E-state index >= 15 is 0 Å². The van der Waals surface area contributed by atoms with E-state index in [2.05, 4.69) is 27.4 Å². The van der Waals surface area contributed by atoms with Crippen molar-refractivity contribution >= 4 is 45.7 Å². The van der Waals surface area contributed by atoms with Gasteiger partial charge in [0.25, 0.3) is 0 Å². The van der Waals surface area contributed by atoms with Gasteiger partial charge in [0.15, 0.2) is 5.11 Å². The second kappa shape index (κ2) is 9.97. The Kier molecular flexibility index (Phi) is 7.38.